The first kappa shape index (κ1) is 28.7. The summed E-state index contributed by atoms with van der Waals surface area (Å²) in [6.07, 6.45) is 6.98. The predicted octanol–water partition coefficient (Wildman–Crippen LogP) is 2.27. The van der Waals surface area contributed by atoms with Crippen molar-refractivity contribution in [1.29, 1.82) is 0 Å². The summed E-state index contributed by atoms with van der Waals surface area (Å²) in [7, 11) is 0. The fourth-order valence-corrected chi connectivity index (χ4v) is 4.93. The number of amides is 4. The van der Waals surface area contributed by atoms with Crippen LogP contribution < -0.4 is 21.3 Å². The lowest BCUT2D eigenvalue weighted by Crippen LogP contribution is -2.55. The maximum atomic E-state index is 13.5. The number of carbonyl (C=O) groups is 5. The molecule has 0 spiro atoms. The lowest BCUT2D eigenvalue weighted by molar-refractivity contribution is -0.141. The van der Waals surface area contributed by atoms with Crippen molar-refractivity contribution in [2.24, 2.45) is 11.8 Å². The van der Waals surface area contributed by atoms with Crippen LogP contribution in [0.2, 0.25) is 0 Å². The first-order valence-electron chi connectivity index (χ1n) is 13.9. The lowest BCUT2D eigenvalue weighted by Gasteiger charge is -2.30. The summed E-state index contributed by atoms with van der Waals surface area (Å²) >= 11 is 0. The Morgan fingerprint density at radius 2 is 1.57 bits per heavy atom. The van der Waals surface area contributed by atoms with Gasteiger partial charge in [-0.05, 0) is 42.4 Å². The van der Waals surface area contributed by atoms with E-state index in [1.165, 1.54) is 6.08 Å². The molecule has 4 rings (SSSR count). The van der Waals surface area contributed by atoms with E-state index in [1.54, 1.807) is 6.08 Å². The molecule has 2 aromatic carbocycles. The molecule has 0 unspecified atom stereocenters. The van der Waals surface area contributed by atoms with Crippen molar-refractivity contribution in [3.63, 3.8) is 0 Å². The molecule has 2 aromatic rings. The monoisotopic (exact) mass is 544 g/mol. The van der Waals surface area contributed by atoms with Gasteiger partial charge in [0.25, 0.3) is 5.91 Å². The molecule has 40 heavy (non-hydrogen) atoms. The minimum Gasteiger partial charge on any atom is -0.356 e. The molecule has 9 heteroatoms. The molecule has 2 fully saturated rings. The zero-order valence-corrected chi connectivity index (χ0v) is 22.4. The topological polar surface area (TPSA) is 133 Å². The number of hydrogen-bond acceptors (Lipinski definition) is 5. The van der Waals surface area contributed by atoms with Gasteiger partial charge in [-0.2, -0.15) is 0 Å². The minimum atomic E-state index is -1.20. The van der Waals surface area contributed by atoms with E-state index in [0.717, 1.165) is 30.4 Å². The van der Waals surface area contributed by atoms with Crippen LogP contribution in [0.15, 0.2) is 66.7 Å². The van der Waals surface area contributed by atoms with E-state index in [2.05, 4.69) is 21.3 Å². The molecular weight excluding hydrogens is 508 g/mol. The van der Waals surface area contributed by atoms with E-state index in [9.17, 15) is 24.0 Å². The summed E-state index contributed by atoms with van der Waals surface area (Å²) in [5.74, 6) is -3.03. The molecular formula is C31H36N4O5. The molecule has 9 nitrogen and oxygen atoms in total. The van der Waals surface area contributed by atoms with Crippen LogP contribution in [0.4, 0.5) is 0 Å². The lowest BCUT2D eigenvalue weighted by atomic mass is 9.80. The molecule has 1 saturated heterocycles. The summed E-state index contributed by atoms with van der Waals surface area (Å²) < 4.78 is 0. The van der Waals surface area contributed by atoms with Crippen LogP contribution in [0, 0.1) is 11.8 Å². The van der Waals surface area contributed by atoms with Crippen LogP contribution in [0.25, 0.3) is 6.08 Å². The number of carbonyl (C=O) groups excluding carboxylic acids is 5. The molecule has 0 bridgehead atoms. The molecule has 1 aliphatic heterocycles. The summed E-state index contributed by atoms with van der Waals surface area (Å²) in [6, 6.07) is 16.4. The second-order valence-electron chi connectivity index (χ2n) is 10.4. The Hall–Kier alpha value is -4.27. The fourth-order valence-electron chi connectivity index (χ4n) is 4.93. The summed E-state index contributed by atoms with van der Waals surface area (Å²) in [4.78, 5) is 64.5. The summed E-state index contributed by atoms with van der Waals surface area (Å²) in [6.45, 7) is 0.636. The van der Waals surface area contributed by atoms with Gasteiger partial charge < -0.3 is 21.3 Å². The van der Waals surface area contributed by atoms with Crippen LogP contribution in [0.5, 0.6) is 0 Å². The number of hydrogen-bond donors (Lipinski definition) is 4. The highest BCUT2D eigenvalue weighted by Crippen LogP contribution is 2.30. The summed E-state index contributed by atoms with van der Waals surface area (Å²) in [5, 5.41) is 10.8. The second kappa shape index (κ2) is 14.2. The third-order valence-electron chi connectivity index (χ3n) is 7.49. The maximum Gasteiger partial charge on any atom is 0.289 e. The van der Waals surface area contributed by atoms with E-state index >= 15 is 0 Å². The van der Waals surface area contributed by atoms with Crippen LogP contribution in [0.3, 0.4) is 0 Å². The van der Waals surface area contributed by atoms with Crippen molar-refractivity contribution < 1.29 is 24.0 Å². The van der Waals surface area contributed by atoms with Crippen LogP contribution in [-0.4, -0.2) is 48.0 Å². The van der Waals surface area contributed by atoms with Gasteiger partial charge in [0.2, 0.25) is 23.5 Å². The van der Waals surface area contributed by atoms with Crippen LogP contribution in [-0.2, 0) is 30.5 Å². The van der Waals surface area contributed by atoms with E-state index in [0.29, 0.717) is 19.4 Å². The largest absolute Gasteiger partial charge is 0.356 e. The fraction of sp³-hybridized carbons (Fsp3) is 0.387. The molecule has 1 saturated carbocycles. The summed E-state index contributed by atoms with van der Waals surface area (Å²) in [5.41, 5.74) is 1.67. The van der Waals surface area contributed by atoms with Gasteiger partial charge in [0.1, 0.15) is 6.04 Å². The first-order valence-corrected chi connectivity index (χ1v) is 13.9. The normalized spacial score (nSPS) is 18.3. The quantitative estimate of drug-likeness (QED) is 0.227. The Labute approximate surface area is 234 Å². The molecule has 0 aromatic heterocycles. The Morgan fingerprint density at radius 1 is 0.875 bits per heavy atom. The number of ketones is 1. The zero-order valence-electron chi connectivity index (χ0n) is 22.4. The van der Waals surface area contributed by atoms with E-state index in [-0.39, 0.29) is 24.8 Å². The zero-order chi connectivity index (χ0) is 28.3. The number of rotatable bonds is 13. The van der Waals surface area contributed by atoms with Gasteiger partial charge >= 0.3 is 0 Å². The maximum absolute atomic E-state index is 13.5. The molecule has 210 valence electrons. The number of Topliss-reactive ketones (excluding diaryl/α,β-unsaturated/α-hetero) is 1. The van der Waals surface area contributed by atoms with Crippen LogP contribution in [0.1, 0.15) is 49.7 Å². The Kier molecular flexibility index (Phi) is 10.2. The Bertz CT molecular complexity index is 1230. The van der Waals surface area contributed by atoms with Crippen molar-refractivity contribution in [2.45, 2.75) is 57.2 Å². The van der Waals surface area contributed by atoms with Gasteiger partial charge in [0, 0.05) is 25.1 Å². The van der Waals surface area contributed by atoms with Gasteiger partial charge in [-0.3, -0.25) is 24.0 Å². The SMILES string of the molecule is O=C(/C=C/c1ccccc1)N[C@@H](CC1CCC1)C(=O)N[C@@H](C[C@@H]1CCNC1=O)C(=O)C(=O)NCc1ccccc1. The highest BCUT2D eigenvalue weighted by Gasteiger charge is 2.36. The minimum absolute atomic E-state index is 0.00711. The molecule has 4 amide bonds. The average molecular weight is 545 g/mol. The molecule has 1 heterocycles. The third-order valence-corrected chi connectivity index (χ3v) is 7.49. The van der Waals surface area contributed by atoms with Gasteiger partial charge in [0.05, 0.1) is 6.04 Å². The predicted molar refractivity (Wildman–Crippen MR) is 150 cm³/mol. The van der Waals surface area contributed by atoms with E-state index in [1.807, 2.05) is 60.7 Å². The Balaban J connectivity index is 1.44. The van der Waals surface area contributed by atoms with Gasteiger partial charge in [-0.15, -0.1) is 0 Å². The van der Waals surface area contributed by atoms with Crippen molar-refractivity contribution in [3.05, 3.63) is 77.9 Å². The average Bonchev–Trinajstić information content (AvgIpc) is 3.35. The molecule has 4 N–H and O–H groups in total. The standard InChI is InChI=1S/C31H36N4O5/c36-27(15-14-21-8-3-1-4-9-21)34-26(18-22-12-7-13-22)30(39)35-25(19-24-16-17-32-29(24)38)28(37)31(40)33-20-23-10-5-2-6-11-23/h1-6,8-11,14-15,22,24-26H,7,12-13,16-20H2,(H,32,38)(H,33,40)(H,34,36)(H,35,39)/b15-14+/t24-,25-,26-/m0/s1. The highest BCUT2D eigenvalue weighted by molar-refractivity contribution is 6.38. The molecule has 2 aliphatic rings. The van der Waals surface area contributed by atoms with Crippen LogP contribution >= 0.6 is 0 Å². The van der Waals surface area contributed by atoms with Crippen molar-refractivity contribution in [1.82, 2.24) is 21.3 Å². The molecule has 3 atom stereocenters. The highest BCUT2D eigenvalue weighted by atomic mass is 16.2. The van der Waals surface area contributed by atoms with E-state index in [4.69, 9.17) is 0 Å². The van der Waals surface area contributed by atoms with Crippen molar-refractivity contribution in [2.75, 3.05) is 6.54 Å². The second-order valence-corrected chi connectivity index (χ2v) is 10.4. The van der Waals surface area contributed by atoms with Gasteiger partial charge in [-0.1, -0.05) is 79.9 Å². The third kappa shape index (κ3) is 8.36. The van der Waals surface area contributed by atoms with Gasteiger partial charge in [-0.25, -0.2) is 0 Å². The van der Waals surface area contributed by atoms with Crippen molar-refractivity contribution >= 4 is 35.5 Å². The molecule has 1 aliphatic carbocycles. The Morgan fingerprint density at radius 3 is 2.20 bits per heavy atom. The number of nitrogens with one attached hydrogen (secondary N) is 4. The first-order chi connectivity index (χ1) is 19.4. The van der Waals surface area contributed by atoms with Gasteiger partial charge in [0.15, 0.2) is 0 Å². The molecule has 0 radical (unpaired) electrons. The smallest absolute Gasteiger partial charge is 0.289 e. The number of benzene rings is 2. The van der Waals surface area contributed by atoms with Crippen molar-refractivity contribution in [3.8, 4) is 0 Å². The van der Waals surface area contributed by atoms with E-state index < -0.39 is 41.5 Å².